The van der Waals surface area contributed by atoms with Crippen LogP contribution in [0.1, 0.15) is 28.0 Å². The van der Waals surface area contributed by atoms with Gasteiger partial charge in [0.25, 0.3) is 0 Å². The minimum atomic E-state index is -0.320. The lowest BCUT2D eigenvalue weighted by molar-refractivity contribution is 0.107. The summed E-state index contributed by atoms with van der Waals surface area (Å²) in [6.07, 6.45) is 1.81. The third-order valence-electron chi connectivity index (χ3n) is 5.67. The van der Waals surface area contributed by atoms with Gasteiger partial charge in [-0.2, -0.15) is 4.91 Å². The maximum absolute atomic E-state index is 12.6. The fourth-order valence-corrected chi connectivity index (χ4v) is 5.65. The molecule has 0 spiro atoms. The number of urea groups is 1. The van der Waals surface area contributed by atoms with Crippen molar-refractivity contribution in [2.24, 2.45) is 5.18 Å². The number of hydrogen-bond acceptors (Lipinski definition) is 6. The zero-order valence-corrected chi connectivity index (χ0v) is 21.7. The molecule has 0 atom stereocenters. The van der Waals surface area contributed by atoms with E-state index in [-0.39, 0.29) is 12.6 Å². The summed E-state index contributed by atoms with van der Waals surface area (Å²) in [6, 6.07) is 17.5. The summed E-state index contributed by atoms with van der Waals surface area (Å²) in [5.74, 6) is 0. The summed E-state index contributed by atoms with van der Waals surface area (Å²) >= 11 is 3.76. The number of rotatable bonds is 10. The Morgan fingerprint density at radius 3 is 2.68 bits per heavy atom. The van der Waals surface area contributed by atoms with Crippen LogP contribution in [0.15, 0.2) is 59.8 Å². The number of anilines is 2. The summed E-state index contributed by atoms with van der Waals surface area (Å²) in [5, 5.41) is 9.61. The normalized spacial score (nSPS) is 13.3. The van der Waals surface area contributed by atoms with E-state index in [1.807, 2.05) is 42.5 Å². The zero-order valence-electron chi connectivity index (χ0n) is 18.8. The molecule has 0 unspecified atom stereocenters. The van der Waals surface area contributed by atoms with Gasteiger partial charge in [-0.25, -0.2) is 4.79 Å². The summed E-state index contributed by atoms with van der Waals surface area (Å²) < 4.78 is 6.91. The van der Waals surface area contributed by atoms with Gasteiger partial charge in [-0.05, 0) is 70.8 Å². The summed E-state index contributed by atoms with van der Waals surface area (Å²) in [5.41, 5.74) is 3.91. The van der Waals surface area contributed by atoms with E-state index < -0.39 is 0 Å². The van der Waals surface area contributed by atoms with Crippen molar-refractivity contribution in [2.75, 3.05) is 30.3 Å². The van der Waals surface area contributed by atoms with E-state index in [4.69, 9.17) is 4.74 Å². The Kier molecular flexibility index (Phi) is 9.03. The number of nitrogens with one attached hydrogen (secondary N) is 2. The first-order valence-electron chi connectivity index (χ1n) is 11.2. The number of nitrogens with zero attached hydrogens (tertiary/aromatic N) is 2. The second kappa shape index (κ2) is 12.4. The fourth-order valence-electron chi connectivity index (χ4n) is 4.00. The first-order chi connectivity index (χ1) is 16.6. The highest BCUT2D eigenvalue weighted by Crippen LogP contribution is 2.37. The van der Waals surface area contributed by atoms with Crippen molar-refractivity contribution in [3.8, 4) is 0 Å². The number of thiophene rings is 1. The minimum absolute atomic E-state index is 0.0678. The molecule has 3 aromatic rings. The van der Waals surface area contributed by atoms with Gasteiger partial charge in [0.1, 0.15) is 11.5 Å². The van der Waals surface area contributed by atoms with Crippen LogP contribution in [0.5, 0.6) is 0 Å². The number of amides is 2. The molecule has 7 nitrogen and oxygen atoms in total. The zero-order chi connectivity index (χ0) is 23.8. The standard InChI is InChI=1S/C25H27IN4O3S/c26-19-7-9-20(10-8-19)28-25(31)29-24-22(15-27-32)21-11-13-30(16-23(21)34-24)12-4-14-33-17-18-5-2-1-3-6-18/h1-3,5-10H,4,11-17H2,(H2,28,29,31). The maximum Gasteiger partial charge on any atom is 0.324 e. The number of carbonyl (C=O) groups is 1. The molecule has 4 rings (SSSR count). The van der Waals surface area contributed by atoms with Gasteiger partial charge >= 0.3 is 6.03 Å². The highest BCUT2D eigenvalue weighted by atomic mass is 127. The van der Waals surface area contributed by atoms with Gasteiger partial charge in [0, 0.05) is 45.9 Å². The van der Waals surface area contributed by atoms with Crippen LogP contribution in [0.2, 0.25) is 0 Å². The Bertz CT molecular complexity index is 1110. The van der Waals surface area contributed by atoms with Gasteiger partial charge in [-0.15, -0.1) is 11.3 Å². The van der Waals surface area contributed by atoms with Crippen molar-refractivity contribution in [1.29, 1.82) is 0 Å². The molecule has 0 saturated carbocycles. The first kappa shape index (κ1) is 24.8. The molecule has 2 heterocycles. The lowest BCUT2D eigenvalue weighted by atomic mass is 10.0. The van der Waals surface area contributed by atoms with Crippen LogP contribution in [0.3, 0.4) is 0 Å². The molecule has 2 amide bonds. The van der Waals surface area contributed by atoms with Crippen LogP contribution in [0, 0.1) is 8.48 Å². The SMILES string of the molecule is O=NCc1c(NC(=O)Nc2ccc(I)cc2)sc2c1CCN(CCCOCc1ccccc1)C2. The Labute approximate surface area is 217 Å². The Morgan fingerprint density at radius 2 is 1.91 bits per heavy atom. The van der Waals surface area contributed by atoms with Gasteiger partial charge in [0.15, 0.2) is 0 Å². The molecule has 0 radical (unpaired) electrons. The molecule has 34 heavy (non-hydrogen) atoms. The number of benzene rings is 2. The number of carbonyl (C=O) groups excluding carboxylic acids is 1. The molecule has 1 aromatic heterocycles. The minimum Gasteiger partial charge on any atom is -0.377 e. The van der Waals surface area contributed by atoms with E-state index in [9.17, 15) is 9.70 Å². The summed E-state index contributed by atoms with van der Waals surface area (Å²) in [6.45, 7) is 4.10. The maximum atomic E-state index is 12.6. The molecule has 1 aliphatic heterocycles. The van der Waals surface area contributed by atoms with E-state index >= 15 is 0 Å². The van der Waals surface area contributed by atoms with Gasteiger partial charge in [0.05, 0.1) is 6.61 Å². The van der Waals surface area contributed by atoms with E-state index in [0.717, 1.165) is 52.9 Å². The van der Waals surface area contributed by atoms with E-state index in [2.05, 4.69) is 55.4 Å². The third kappa shape index (κ3) is 6.84. The molecular weight excluding hydrogens is 563 g/mol. The van der Waals surface area contributed by atoms with Crippen LogP contribution in [-0.2, 0) is 30.9 Å². The van der Waals surface area contributed by atoms with Crippen molar-refractivity contribution < 1.29 is 9.53 Å². The highest BCUT2D eigenvalue weighted by Gasteiger charge is 2.25. The van der Waals surface area contributed by atoms with Crippen molar-refractivity contribution in [3.05, 3.63) is 84.6 Å². The third-order valence-corrected chi connectivity index (χ3v) is 7.57. The molecule has 0 aliphatic carbocycles. The van der Waals surface area contributed by atoms with E-state index in [1.165, 1.54) is 10.4 Å². The van der Waals surface area contributed by atoms with Gasteiger partial charge in [0.2, 0.25) is 0 Å². The second-order valence-electron chi connectivity index (χ2n) is 8.10. The summed E-state index contributed by atoms with van der Waals surface area (Å²) in [7, 11) is 0. The average Bonchev–Trinajstić information content (AvgIpc) is 3.17. The number of ether oxygens (including phenoxy) is 1. The monoisotopic (exact) mass is 590 g/mol. The quantitative estimate of drug-likeness (QED) is 0.167. The second-order valence-corrected chi connectivity index (χ2v) is 10.5. The predicted octanol–water partition coefficient (Wildman–Crippen LogP) is 6.23. The van der Waals surface area contributed by atoms with E-state index in [0.29, 0.717) is 18.2 Å². The van der Waals surface area contributed by atoms with E-state index in [1.54, 1.807) is 11.3 Å². The van der Waals surface area contributed by atoms with Gasteiger partial charge < -0.3 is 10.1 Å². The largest absolute Gasteiger partial charge is 0.377 e. The van der Waals surface area contributed by atoms with Crippen LogP contribution in [0.4, 0.5) is 15.5 Å². The fraction of sp³-hybridized carbons (Fsp3) is 0.320. The molecular formula is C25H27IN4O3S. The molecule has 1 aliphatic rings. The van der Waals surface area contributed by atoms with Crippen molar-refractivity contribution in [1.82, 2.24) is 4.90 Å². The van der Waals surface area contributed by atoms with Gasteiger partial charge in [-0.1, -0.05) is 35.5 Å². The number of hydrogen-bond donors (Lipinski definition) is 2. The smallest absolute Gasteiger partial charge is 0.324 e. The van der Waals surface area contributed by atoms with Crippen LogP contribution < -0.4 is 10.6 Å². The molecule has 9 heteroatoms. The van der Waals surface area contributed by atoms with Gasteiger partial charge in [-0.3, -0.25) is 10.2 Å². The lowest BCUT2D eigenvalue weighted by Gasteiger charge is -2.27. The molecule has 2 N–H and O–H groups in total. The average molecular weight is 590 g/mol. The van der Waals surface area contributed by atoms with Crippen LogP contribution in [0.25, 0.3) is 0 Å². The molecule has 178 valence electrons. The summed E-state index contributed by atoms with van der Waals surface area (Å²) in [4.78, 5) is 27.2. The van der Waals surface area contributed by atoms with Crippen molar-refractivity contribution in [3.63, 3.8) is 0 Å². The van der Waals surface area contributed by atoms with Crippen molar-refractivity contribution in [2.45, 2.75) is 32.5 Å². The molecule has 0 fully saturated rings. The van der Waals surface area contributed by atoms with Crippen LogP contribution in [-0.4, -0.2) is 30.6 Å². The molecule has 0 saturated heterocycles. The Balaban J connectivity index is 1.30. The first-order valence-corrected chi connectivity index (χ1v) is 13.1. The highest BCUT2D eigenvalue weighted by molar-refractivity contribution is 14.1. The lowest BCUT2D eigenvalue weighted by Crippen LogP contribution is -2.31. The molecule has 2 aromatic carbocycles. The number of nitroso groups, excluding NO2 is 1. The predicted molar refractivity (Wildman–Crippen MR) is 145 cm³/mol. The Morgan fingerprint density at radius 1 is 1.12 bits per heavy atom. The van der Waals surface area contributed by atoms with Crippen LogP contribution >= 0.6 is 33.9 Å². The Hall–Kier alpha value is -2.34. The number of halogens is 1. The number of fused-ring (bicyclic) bond motifs is 1. The van der Waals surface area contributed by atoms with Crippen molar-refractivity contribution >= 4 is 50.6 Å². The molecule has 0 bridgehead atoms. The topological polar surface area (TPSA) is 83.0 Å².